The molecule has 0 saturated carbocycles. The average molecular weight is 307 g/mol. The van der Waals surface area contributed by atoms with Crippen LogP contribution in [0.4, 0.5) is 0 Å². The van der Waals surface area contributed by atoms with Gasteiger partial charge in [0.05, 0.1) is 5.56 Å². The van der Waals surface area contributed by atoms with E-state index in [1.807, 2.05) is 0 Å². The molecule has 1 heterocycles. The van der Waals surface area contributed by atoms with E-state index in [0.29, 0.717) is 17.8 Å². The monoisotopic (exact) mass is 307 g/mol. The second-order valence-corrected chi connectivity index (χ2v) is 5.66. The van der Waals surface area contributed by atoms with Crippen molar-refractivity contribution in [1.29, 1.82) is 0 Å². The van der Waals surface area contributed by atoms with Crippen molar-refractivity contribution < 1.29 is 19.4 Å². The van der Waals surface area contributed by atoms with Crippen LogP contribution in [0, 0.1) is 0 Å². The Labute approximate surface area is 127 Å². The zero-order chi connectivity index (χ0) is 15.2. The van der Waals surface area contributed by atoms with E-state index in [0.717, 1.165) is 23.3 Å². The lowest BCUT2D eigenvalue weighted by atomic mass is 10.1. The highest BCUT2D eigenvalue weighted by molar-refractivity contribution is 7.99. The van der Waals surface area contributed by atoms with E-state index in [1.165, 1.54) is 6.07 Å². The van der Waals surface area contributed by atoms with Gasteiger partial charge in [-0.25, -0.2) is 0 Å². The number of likely N-dealkylation sites (N-methyl/N-ethyl adjacent to an activating group) is 1. The van der Waals surface area contributed by atoms with Gasteiger partial charge < -0.3 is 15.2 Å². The fraction of sp³-hybridized carbons (Fsp3) is 0.333. The molecule has 0 spiro atoms. The summed E-state index contributed by atoms with van der Waals surface area (Å²) in [7, 11) is 1.60. The van der Waals surface area contributed by atoms with Crippen molar-refractivity contribution in [3.63, 3.8) is 0 Å². The molecule has 1 aliphatic heterocycles. The van der Waals surface area contributed by atoms with Gasteiger partial charge in [0.1, 0.15) is 18.1 Å². The van der Waals surface area contributed by atoms with Gasteiger partial charge in [-0.2, -0.15) is 11.8 Å². The van der Waals surface area contributed by atoms with E-state index in [2.05, 4.69) is 5.32 Å². The molecule has 6 heteroatoms. The lowest BCUT2D eigenvalue weighted by Crippen LogP contribution is -2.26. The van der Waals surface area contributed by atoms with Crippen LogP contribution >= 0.6 is 11.8 Å². The van der Waals surface area contributed by atoms with Crippen LogP contribution < -0.4 is 10.1 Å². The number of hydrogen-bond acceptors (Lipinski definition) is 5. The van der Waals surface area contributed by atoms with Gasteiger partial charge in [0.2, 0.25) is 5.91 Å². The molecule has 1 aliphatic rings. The molecule has 0 radical (unpaired) electrons. The standard InChI is InChI=1S/C15H17NO4S/c1-16-15(19)12-9-21-6-5-10(12)8-20-14-4-2-3-13(18)11(14)7-17/h2-4,7,18H,5-6,8-9H2,1H3,(H,16,19). The molecule has 0 fully saturated rings. The molecule has 0 unspecified atom stereocenters. The maximum atomic E-state index is 11.8. The molecule has 1 amide bonds. The van der Waals surface area contributed by atoms with Crippen molar-refractivity contribution >= 4 is 24.0 Å². The number of nitrogens with one attached hydrogen (secondary N) is 1. The van der Waals surface area contributed by atoms with Gasteiger partial charge in [-0.05, 0) is 29.9 Å². The zero-order valence-corrected chi connectivity index (χ0v) is 12.5. The van der Waals surface area contributed by atoms with E-state index in [4.69, 9.17) is 4.74 Å². The van der Waals surface area contributed by atoms with Crippen LogP contribution in [-0.2, 0) is 4.79 Å². The highest BCUT2D eigenvalue weighted by Crippen LogP contribution is 2.28. The minimum absolute atomic E-state index is 0.0904. The van der Waals surface area contributed by atoms with Crippen LogP contribution in [0.25, 0.3) is 0 Å². The summed E-state index contributed by atoms with van der Waals surface area (Å²) in [5.74, 6) is 1.74. The summed E-state index contributed by atoms with van der Waals surface area (Å²) < 4.78 is 5.63. The summed E-state index contributed by atoms with van der Waals surface area (Å²) in [6.07, 6.45) is 1.35. The lowest BCUT2D eigenvalue weighted by Gasteiger charge is -2.20. The lowest BCUT2D eigenvalue weighted by molar-refractivity contribution is -0.117. The smallest absolute Gasteiger partial charge is 0.247 e. The predicted molar refractivity (Wildman–Crippen MR) is 82.0 cm³/mol. The number of hydrogen-bond donors (Lipinski definition) is 2. The maximum Gasteiger partial charge on any atom is 0.247 e. The minimum atomic E-state index is -0.109. The molecule has 0 saturated heterocycles. The molecule has 1 aromatic carbocycles. The molecular formula is C15H17NO4S. The predicted octanol–water partition coefficient (Wildman–Crippen LogP) is 1.76. The third-order valence-corrected chi connectivity index (χ3v) is 4.27. The number of benzene rings is 1. The van der Waals surface area contributed by atoms with Crippen molar-refractivity contribution in [1.82, 2.24) is 5.32 Å². The number of rotatable bonds is 5. The molecule has 112 valence electrons. The number of phenolic OH excluding ortho intramolecular Hbond substituents is 1. The Balaban J connectivity index is 2.18. The topological polar surface area (TPSA) is 75.6 Å². The Bertz CT molecular complexity index is 583. The Morgan fingerprint density at radius 2 is 2.33 bits per heavy atom. The van der Waals surface area contributed by atoms with Gasteiger partial charge in [0.15, 0.2) is 6.29 Å². The van der Waals surface area contributed by atoms with Crippen LogP contribution in [-0.4, -0.2) is 42.5 Å². The SMILES string of the molecule is CNC(=O)C1=C(COc2cccc(O)c2C=O)CCSC1. The van der Waals surface area contributed by atoms with E-state index < -0.39 is 0 Å². The molecule has 2 rings (SSSR count). The fourth-order valence-electron chi connectivity index (χ4n) is 2.10. The summed E-state index contributed by atoms with van der Waals surface area (Å²) in [6, 6.07) is 4.67. The maximum absolute atomic E-state index is 11.8. The number of carbonyl (C=O) groups excluding carboxylic acids is 2. The number of aromatic hydroxyl groups is 1. The number of amides is 1. The second-order valence-electron chi connectivity index (χ2n) is 4.56. The largest absolute Gasteiger partial charge is 0.507 e. The summed E-state index contributed by atoms with van der Waals surface area (Å²) in [5.41, 5.74) is 1.81. The Hall–Kier alpha value is -1.95. The van der Waals surface area contributed by atoms with Crippen LogP contribution in [0.5, 0.6) is 11.5 Å². The summed E-state index contributed by atoms with van der Waals surface area (Å²) in [6.45, 7) is 0.244. The first-order valence-electron chi connectivity index (χ1n) is 6.58. The highest BCUT2D eigenvalue weighted by Gasteiger charge is 2.19. The van der Waals surface area contributed by atoms with Gasteiger partial charge in [-0.3, -0.25) is 9.59 Å². The second kappa shape index (κ2) is 7.17. The number of carbonyl (C=O) groups is 2. The molecule has 0 bridgehead atoms. The van der Waals surface area contributed by atoms with Crippen LogP contribution in [0.2, 0.25) is 0 Å². The first-order chi connectivity index (χ1) is 10.2. The molecule has 1 aromatic rings. The van der Waals surface area contributed by atoms with Crippen LogP contribution in [0.15, 0.2) is 29.3 Å². The van der Waals surface area contributed by atoms with E-state index in [-0.39, 0.29) is 23.8 Å². The number of phenols is 1. The Morgan fingerprint density at radius 1 is 1.52 bits per heavy atom. The molecule has 21 heavy (non-hydrogen) atoms. The van der Waals surface area contributed by atoms with Gasteiger partial charge in [-0.15, -0.1) is 0 Å². The zero-order valence-electron chi connectivity index (χ0n) is 11.7. The molecule has 0 aromatic heterocycles. The van der Waals surface area contributed by atoms with Gasteiger partial charge in [0, 0.05) is 18.4 Å². The molecular weight excluding hydrogens is 290 g/mol. The number of ether oxygens (including phenoxy) is 1. The molecule has 0 atom stereocenters. The van der Waals surface area contributed by atoms with Crippen molar-refractivity contribution in [2.75, 3.05) is 25.2 Å². The summed E-state index contributed by atoms with van der Waals surface area (Å²) in [4.78, 5) is 22.8. The van der Waals surface area contributed by atoms with Crippen molar-refractivity contribution in [2.24, 2.45) is 0 Å². The third kappa shape index (κ3) is 3.58. The number of thioether (sulfide) groups is 1. The third-order valence-electron chi connectivity index (χ3n) is 3.29. The first-order valence-corrected chi connectivity index (χ1v) is 7.73. The molecule has 2 N–H and O–H groups in total. The normalized spacial score (nSPS) is 14.7. The van der Waals surface area contributed by atoms with Gasteiger partial charge >= 0.3 is 0 Å². The van der Waals surface area contributed by atoms with Gasteiger partial charge in [0.25, 0.3) is 0 Å². The van der Waals surface area contributed by atoms with Crippen LogP contribution in [0.1, 0.15) is 16.8 Å². The van der Waals surface area contributed by atoms with Crippen molar-refractivity contribution in [2.45, 2.75) is 6.42 Å². The number of aldehydes is 1. The Kier molecular flexibility index (Phi) is 5.27. The molecule has 0 aliphatic carbocycles. The fourth-order valence-corrected chi connectivity index (χ4v) is 3.17. The van der Waals surface area contributed by atoms with E-state index in [9.17, 15) is 14.7 Å². The first kappa shape index (κ1) is 15.4. The Morgan fingerprint density at radius 3 is 3.05 bits per heavy atom. The van der Waals surface area contributed by atoms with Crippen LogP contribution in [0.3, 0.4) is 0 Å². The van der Waals surface area contributed by atoms with Crippen molar-refractivity contribution in [3.8, 4) is 11.5 Å². The quantitative estimate of drug-likeness (QED) is 0.811. The summed E-state index contributed by atoms with van der Waals surface area (Å²) >= 11 is 1.71. The van der Waals surface area contributed by atoms with Crippen molar-refractivity contribution in [3.05, 3.63) is 34.9 Å². The van der Waals surface area contributed by atoms with Gasteiger partial charge in [-0.1, -0.05) is 6.07 Å². The summed E-state index contributed by atoms with van der Waals surface area (Å²) in [5, 5.41) is 12.2. The van der Waals surface area contributed by atoms with E-state index >= 15 is 0 Å². The average Bonchev–Trinajstić information content (AvgIpc) is 2.52. The molecule has 5 nitrogen and oxygen atoms in total. The highest BCUT2D eigenvalue weighted by atomic mass is 32.2. The van der Waals surface area contributed by atoms with E-state index in [1.54, 1.807) is 30.9 Å². The minimum Gasteiger partial charge on any atom is -0.507 e.